The lowest BCUT2D eigenvalue weighted by molar-refractivity contribution is 0.293. The van der Waals surface area contributed by atoms with E-state index in [4.69, 9.17) is 0 Å². The fraction of sp³-hybridized carbons (Fsp3) is 0.700. The van der Waals surface area contributed by atoms with E-state index in [1.807, 2.05) is 0 Å². The molecule has 118 valence electrons. The van der Waals surface area contributed by atoms with E-state index < -0.39 is 0 Å². The Morgan fingerprint density at radius 1 is 0.952 bits per heavy atom. The summed E-state index contributed by atoms with van der Waals surface area (Å²) in [4.78, 5) is 0. The number of hydrogen-bond acceptors (Lipinski definition) is 1. The van der Waals surface area contributed by atoms with Gasteiger partial charge in [0, 0.05) is 6.04 Å². The summed E-state index contributed by atoms with van der Waals surface area (Å²) in [5.41, 5.74) is 5.90. The molecule has 0 saturated heterocycles. The molecule has 1 saturated carbocycles. The number of rotatable bonds is 4. The van der Waals surface area contributed by atoms with Crippen molar-refractivity contribution in [1.29, 1.82) is 0 Å². The topological polar surface area (TPSA) is 12.0 Å². The Kier molecular flexibility index (Phi) is 6.29. The monoisotopic (exact) mass is 287 g/mol. The third-order valence-electron chi connectivity index (χ3n) is 5.35. The lowest BCUT2D eigenvalue weighted by Gasteiger charge is -2.29. The zero-order valence-corrected chi connectivity index (χ0v) is 14.5. The van der Waals surface area contributed by atoms with Crippen molar-refractivity contribution in [2.45, 2.75) is 78.2 Å². The Morgan fingerprint density at radius 3 is 2.00 bits per heavy atom. The summed E-state index contributed by atoms with van der Waals surface area (Å²) in [6.07, 6.45) is 11.2. The molecular formula is C20H33N. The predicted molar refractivity (Wildman–Crippen MR) is 93.0 cm³/mol. The maximum atomic E-state index is 3.64. The minimum Gasteiger partial charge on any atom is -0.316 e. The molecule has 0 amide bonds. The van der Waals surface area contributed by atoms with E-state index >= 15 is 0 Å². The fourth-order valence-electron chi connectivity index (χ4n) is 4.15. The van der Waals surface area contributed by atoms with Gasteiger partial charge in [0.05, 0.1) is 0 Å². The second-order valence-electron chi connectivity index (χ2n) is 7.08. The molecule has 1 unspecified atom stereocenters. The summed E-state index contributed by atoms with van der Waals surface area (Å²) >= 11 is 0. The van der Waals surface area contributed by atoms with Gasteiger partial charge in [-0.25, -0.2) is 0 Å². The van der Waals surface area contributed by atoms with Crippen LogP contribution in [0.5, 0.6) is 0 Å². The number of benzene rings is 1. The Labute approximate surface area is 131 Å². The van der Waals surface area contributed by atoms with Crippen LogP contribution in [0.2, 0.25) is 0 Å². The predicted octanol–water partition coefficient (Wildman–Crippen LogP) is 5.10. The van der Waals surface area contributed by atoms with Gasteiger partial charge in [-0.3, -0.25) is 0 Å². The molecule has 1 N–H and O–H groups in total. The third kappa shape index (κ3) is 4.57. The number of nitrogens with one attached hydrogen (secondary N) is 1. The standard InChI is InChI=1S/C20H33N/c1-15-12-16(2)19(17(3)13-15)14-20(21-4)18-10-8-6-5-7-9-11-18/h12-13,18,20-21H,5-11,14H2,1-4H3. The SMILES string of the molecule is CNC(Cc1c(C)cc(C)cc1C)C1CCCCCCC1. The second-order valence-corrected chi connectivity index (χ2v) is 7.08. The third-order valence-corrected chi connectivity index (χ3v) is 5.35. The Bertz CT molecular complexity index is 418. The van der Waals surface area contributed by atoms with Crippen LogP contribution in [0, 0.1) is 26.7 Å². The largest absolute Gasteiger partial charge is 0.316 e. The Morgan fingerprint density at radius 2 is 1.48 bits per heavy atom. The molecule has 0 aliphatic heterocycles. The van der Waals surface area contributed by atoms with Crippen LogP contribution in [0.3, 0.4) is 0 Å². The van der Waals surface area contributed by atoms with Crippen molar-refractivity contribution in [3.63, 3.8) is 0 Å². The van der Waals surface area contributed by atoms with Crippen LogP contribution >= 0.6 is 0 Å². The summed E-state index contributed by atoms with van der Waals surface area (Å²) in [6.45, 7) is 6.76. The summed E-state index contributed by atoms with van der Waals surface area (Å²) in [5, 5.41) is 3.64. The lowest BCUT2D eigenvalue weighted by Crippen LogP contribution is -2.36. The van der Waals surface area contributed by atoms with E-state index in [-0.39, 0.29) is 0 Å². The smallest absolute Gasteiger partial charge is 0.0133 e. The molecule has 0 aromatic heterocycles. The van der Waals surface area contributed by atoms with Crippen molar-refractivity contribution in [2.75, 3.05) is 7.05 Å². The van der Waals surface area contributed by atoms with Gasteiger partial charge in [-0.1, -0.05) is 49.8 Å². The van der Waals surface area contributed by atoms with Gasteiger partial charge in [-0.05, 0) is 69.7 Å². The normalized spacial score (nSPS) is 19.0. The Hall–Kier alpha value is -0.820. The molecule has 1 atom stereocenters. The molecule has 0 spiro atoms. The molecule has 1 aliphatic rings. The van der Waals surface area contributed by atoms with Crippen molar-refractivity contribution in [3.05, 3.63) is 34.4 Å². The molecule has 1 aliphatic carbocycles. The molecule has 0 bridgehead atoms. The van der Waals surface area contributed by atoms with Crippen molar-refractivity contribution in [1.82, 2.24) is 5.32 Å². The molecule has 1 nitrogen and oxygen atoms in total. The molecule has 0 radical (unpaired) electrons. The zero-order valence-electron chi connectivity index (χ0n) is 14.5. The quantitative estimate of drug-likeness (QED) is 0.812. The summed E-state index contributed by atoms with van der Waals surface area (Å²) in [6, 6.07) is 5.32. The minimum absolute atomic E-state index is 0.642. The Balaban J connectivity index is 2.10. The van der Waals surface area contributed by atoms with Gasteiger partial charge in [0.2, 0.25) is 0 Å². The first-order valence-corrected chi connectivity index (χ1v) is 8.86. The van der Waals surface area contributed by atoms with Gasteiger partial charge in [-0.15, -0.1) is 0 Å². The molecule has 0 heterocycles. The highest BCUT2D eigenvalue weighted by Crippen LogP contribution is 2.28. The molecule has 1 aromatic carbocycles. The molecule has 2 rings (SSSR count). The molecule has 1 aromatic rings. The van der Waals surface area contributed by atoms with Gasteiger partial charge in [0.25, 0.3) is 0 Å². The van der Waals surface area contributed by atoms with Crippen LogP contribution in [-0.4, -0.2) is 13.1 Å². The van der Waals surface area contributed by atoms with Crippen LogP contribution < -0.4 is 5.32 Å². The van der Waals surface area contributed by atoms with E-state index in [2.05, 4.69) is 45.3 Å². The first kappa shape index (κ1) is 16.5. The fourth-order valence-corrected chi connectivity index (χ4v) is 4.15. The average Bonchev–Trinajstić information content (AvgIpc) is 2.39. The van der Waals surface area contributed by atoms with Crippen molar-refractivity contribution in [2.24, 2.45) is 5.92 Å². The summed E-state index contributed by atoms with van der Waals surface area (Å²) in [5.74, 6) is 0.857. The van der Waals surface area contributed by atoms with E-state index in [9.17, 15) is 0 Å². The number of hydrogen-bond donors (Lipinski definition) is 1. The number of likely N-dealkylation sites (N-methyl/N-ethyl adjacent to an activating group) is 1. The highest BCUT2D eigenvalue weighted by molar-refractivity contribution is 5.38. The van der Waals surface area contributed by atoms with Gasteiger partial charge in [0.15, 0.2) is 0 Å². The van der Waals surface area contributed by atoms with Crippen LogP contribution in [-0.2, 0) is 6.42 Å². The van der Waals surface area contributed by atoms with Gasteiger partial charge >= 0.3 is 0 Å². The first-order chi connectivity index (χ1) is 10.1. The van der Waals surface area contributed by atoms with Crippen molar-refractivity contribution in [3.8, 4) is 0 Å². The van der Waals surface area contributed by atoms with E-state index in [1.54, 1.807) is 5.56 Å². The van der Waals surface area contributed by atoms with Gasteiger partial charge in [-0.2, -0.15) is 0 Å². The van der Waals surface area contributed by atoms with E-state index in [1.165, 1.54) is 68.1 Å². The van der Waals surface area contributed by atoms with Crippen LogP contribution in [0.4, 0.5) is 0 Å². The molecule has 1 fully saturated rings. The summed E-state index contributed by atoms with van der Waals surface area (Å²) in [7, 11) is 2.16. The molecule has 21 heavy (non-hydrogen) atoms. The van der Waals surface area contributed by atoms with E-state index in [0.29, 0.717) is 6.04 Å². The van der Waals surface area contributed by atoms with Gasteiger partial charge in [0.1, 0.15) is 0 Å². The van der Waals surface area contributed by atoms with Crippen LogP contribution in [0.15, 0.2) is 12.1 Å². The van der Waals surface area contributed by atoms with Crippen LogP contribution in [0.25, 0.3) is 0 Å². The first-order valence-electron chi connectivity index (χ1n) is 8.86. The van der Waals surface area contributed by atoms with Crippen LogP contribution in [0.1, 0.15) is 67.2 Å². The average molecular weight is 287 g/mol. The second kappa shape index (κ2) is 7.98. The molecule has 1 heteroatoms. The number of aryl methyl sites for hydroxylation is 3. The van der Waals surface area contributed by atoms with Gasteiger partial charge < -0.3 is 5.32 Å². The van der Waals surface area contributed by atoms with E-state index in [0.717, 1.165) is 5.92 Å². The highest BCUT2D eigenvalue weighted by atomic mass is 14.9. The molecular weight excluding hydrogens is 254 g/mol. The minimum atomic E-state index is 0.642. The maximum absolute atomic E-state index is 3.64. The van der Waals surface area contributed by atoms with Crippen molar-refractivity contribution >= 4 is 0 Å². The summed E-state index contributed by atoms with van der Waals surface area (Å²) < 4.78 is 0. The lowest BCUT2D eigenvalue weighted by atomic mass is 9.82. The zero-order chi connectivity index (χ0) is 15.2. The maximum Gasteiger partial charge on any atom is 0.0133 e. The van der Waals surface area contributed by atoms with Crippen molar-refractivity contribution < 1.29 is 0 Å². The highest BCUT2D eigenvalue weighted by Gasteiger charge is 2.22.